The van der Waals surface area contributed by atoms with E-state index in [9.17, 15) is 141 Å². The molecule has 2 aliphatic heterocycles. The molecule has 0 spiro atoms. The van der Waals surface area contributed by atoms with Crippen LogP contribution in [0.3, 0.4) is 0 Å². The highest BCUT2D eigenvalue weighted by atomic mass is 32.2. The quantitative estimate of drug-likeness (QED) is 0.153. The molecular weight excluding hydrogens is 1030 g/mol. The highest BCUT2D eigenvalue weighted by Gasteiger charge is 2.87. The third-order valence-corrected chi connectivity index (χ3v) is 11.1. The van der Waals surface area contributed by atoms with Crippen LogP contribution in [0.2, 0.25) is 0 Å². The SMILES string of the molecule is O=C1c2ccc(C(c3ccc4c(c3)C(=O)N(OS(=O)(=O)C(F)(F)C(F)(F)C(F)(F)C(F)(F)F)C4=O)(C(F)(F)F)C(F)(F)F)cc2C(=O)N1OS(=O)(=O)C(F)(F)C(F)(F)C(F)(F)C(F)(F)F. The maximum Gasteiger partial charge on any atom is 0.460 e. The summed E-state index contributed by atoms with van der Waals surface area (Å²) in [7, 11) is -16.4. The Kier molecular flexibility index (Phi) is 11.7. The van der Waals surface area contributed by atoms with Crippen LogP contribution >= 0.6 is 0 Å². The normalized spacial score (nSPS) is 17.0. The molecule has 38 heteroatoms. The lowest BCUT2D eigenvalue weighted by molar-refractivity contribution is -0.383. The smallest absolute Gasteiger partial charge is 0.266 e. The molecule has 0 saturated heterocycles. The molecule has 2 heterocycles. The van der Waals surface area contributed by atoms with Crippen molar-refractivity contribution in [1.29, 1.82) is 0 Å². The van der Waals surface area contributed by atoms with Gasteiger partial charge in [-0.1, -0.05) is 12.1 Å². The lowest BCUT2D eigenvalue weighted by Gasteiger charge is -2.38. The van der Waals surface area contributed by atoms with E-state index in [1.165, 1.54) is 0 Å². The van der Waals surface area contributed by atoms with Gasteiger partial charge in [-0.2, -0.15) is 122 Å². The number of hydrogen-bond acceptors (Lipinski definition) is 10. The van der Waals surface area contributed by atoms with Gasteiger partial charge in [-0.05, 0) is 35.4 Å². The molecule has 0 N–H and O–H groups in total. The van der Waals surface area contributed by atoms with E-state index in [0.29, 0.717) is 0 Å². The van der Waals surface area contributed by atoms with Gasteiger partial charge in [0.1, 0.15) is 0 Å². The molecule has 0 fully saturated rings. The first kappa shape index (κ1) is 52.5. The van der Waals surface area contributed by atoms with Crippen molar-refractivity contribution < 1.29 is 150 Å². The topological polar surface area (TPSA) is 161 Å². The molecule has 0 atom stereocenters. The molecule has 2 aliphatic rings. The number of rotatable bonds is 12. The van der Waals surface area contributed by atoms with Crippen LogP contribution in [0.1, 0.15) is 52.6 Å². The second-order valence-corrected chi connectivity index (χ2v) is 15.6. The van der Waals surface area contributed by atoms with Gasteiger partial charge in [-0.15, -0.1) is 18.7 Å². The van der Waals surface area contributed by atoms with Crippen LogP contribution < -0.4 is 0 Å². The number of benzene rings is 2. The Morgan fingerprint density at radius 1 is 0.354 bits per heavy atom. The van der Waals surface area contributed by atoms with Crippen LogP contribution in [0.4, 0.5) is 105 Å². The molecule has 0 saturated carbocycles. The number of carbonyl (C=O) groups excluding carboxylic acids is 4. The van der Waals surface area contributed by atoms with Crippen molar-refractivity contribution in [1.82, 2.24) is 10.1 Å². The Balaban J connectivity index is 1.84. The minimum absolute atomic E-state index is 0.377. The monoisotopic (exact) mass is 1040 g/mol. The number of amides is 4. The van der Waals surface area contributed by atoms with Gasteiger partial charge in [-0.25, -0.2) is 0 Å². The van der Waals surface area contributed by atoms with E-state index in [1.54, 1.807) is 0 Å². The number of hydrogen-bond donors (Lipinski definition) is 0. The second-order valence-electron chi connectivity index (χ2n) is 12.5. The van der Waals surface area contributed by atoms with E-state index in [-0.39, 0.29) is 12.1 Å². The fourth-order valence-electron chi connectivity index (χ4n) is 5.35. The first-order chi connectivity index (χ1) is 28.5. The molecule has 0 radical (unpaired) electrons. The summed E-state index contributed by atoms with van der Waals surface area (Å²) in [5, 5.41) is -19.2. The van der Waals surface area contributed by atoms with Crippen molar-refractivity contribution in [3.05, 3.63) is 69.8 Å². The first-order valence-electron chi connectivity index (χ1n) is 15.0. The van der Waals surface area contributed by atoms with E-state index in [0.717, 1.165) is 0 Å². The van der Waals surface area contributed by atoms with Crippen molar-refractivity contribution in [2.45, 2.75) is 64.3 Å². The molecule has 0 bridgehead atoms. The molecule has 0 aromatic heterocycles. The number of imide groups is 2. The minimum Gasteiger partial charge on any atom is -0.266 e. The molecule has 364 valence electrons. The summed E-state index contributed by atoms with van der Waals surface area (Å²) in [6.07, 6.45) is -29.4. The average molecular weight is 1040 g/mol. The fourth-order valence-corrected chi connectivity index (χ4v) is 7.08. The molecule has 0 unspecified atom stereocenters. The summed E-state index contributed by atoms with van der Waals surface area (Å²) in [5.41, 5.74) is -18.6. The van der Waals surface area contributed by atoms with E-state index < -0.39 is 176 Å². The summed E-state index contributed by atoms with van der Waals surface area (Å²) in [5.74, 6) is -43.3. The third kappa shape index (κ3) is 7.00. The number of hydroxylamine groups is 4. The Hall–Kier alpha value is -5.14. The molecule has 2 aromatic rings. The zero-order valence-corrected chi connectivity index (χ0v) is 30.5. The van der Waals surface area contributed by atoms with E-state index in [4.69, 9.17) is 0 Å². The number of halogens is 24. The van der Waals surface area contributed by atoms with E-state index in [1.807, 2.05) is 0 Å². The fraction of sp³-hybridized carbons (Fsp3) is 0.407. The van der Waals surface area contributed by atoms with Gasteiger partial charge >= 0.3 is 79.1 Å². The van der Waals surface area contributed by atoms with Gasteiger partial charge in [-0.3, -0.25) is 19.2 Å². The highest BCUT2D eigenvalue weighted by Crippen LogP contribution is 2.59. The highest BCUT2D eigenvalue weighted by molar-refractivity contribution is 7.88. The van der Waals surface area contributed by atoms with Gasteiger partial charge in [0.15, 0.2) is 0 Å². The van der Waals surface area contributed by atoms with Gasteiger partial charge < -0.3 is 0 Å². The van der Waals surface area contributed by atoms with Crippen LogP contribution in [0.25, 0.3) is 0 Å². The Morgan fingerprint density at radius 2 is 0.600 bits per heavy atom. The first-order valence-corrected chi connectivity index (χ1v) is 17.8. The van der Waals surface area contributed by atoms with E-state index >= 15 is 0 Å². The van der Waals surface area contributed by atoms with Crippen molar-refractivity contribution in [3.8, 4) is 0 Å². The molecule has 65 heavy (non-hydrogen) atoms. The summed E-state index contributed by atoms with van der Waals surface area (Å²) < 4.78 is 383. The van der Waals surface area contributed by atoms with Gasteiger partial charge in [0, 0.05) is 0 Å². The molecule has 4 amide bonds. The summed E-state index contributed by atoms with van der Waals surface area (Å²) in [6.45, 7) is 0. The van der Waals surface area contributed by atoms with Gasteiger partial charge in [0.2, 0.25) is 5.41 Å². The molecule has 2 aromatic carbocycles. The predicted octanol–water partition coefficient (Wildman–Crippen LogP) is 7.66. The Labute approximate surface area is 338 Å². The molecule has 4 rings (SSSR count). The largest absolute Gasteiger partial charge is 0.460 e. The third-order valence-electron chi connectivity index (χ3n) is 8.62. The number of alkyl halides is 24. The van der Waals surface area contributed by atoms with Crippen molar-refractivity contribution in [3.63, 3.8) is 0 Å². The Bertz CT molecular complexity index is 2420. The predicted molar refractivity (Wildman–Crippen MR) is 149 cm³/mol. The lowest BCUT2D eigenvalue weighted by Crippen LogP contribution is -2.64. The lowest BCUT2D eigenvalue weighted by atomic mass is 9.71. The maximum absolute atomic E-state index is 14.9. The minimum atomic E-state index is -8.22. The van der Waals surface area contributed by atoms with Gasteiger partial charge in [0.25, 0.3) is 23.6 Å². The van der Waals surface area contributed by atoms with Gasteiger partial charge in [0.05, 0.1) is 22.3 Å². The number of carbonyl (C=O) groups is 4. The van der Waals surface area contributed by atoms with Crippen LogP contribution in [0.5, 0.6) is 0 Å². The van der Waals surface area contributed by atoms with Crippen LogP contribution in [-0.2, 0) is 34.2 Å². The van der Waals surface area contributed by atoms with Crippen LogP contribution in [0.15, 0.2) is 36.4 Å². The molecule has 12 nitrogen and oxygen atoms in total. The number of nitrogens with zero attached hydrogens (tertiary/aromatic N) is 2. The molecular formula is C27H6F24N2O10S2. The standard InChI is InChI=1S/C27H6F24N2O10S2/c28-18(29,24(42,43)44)20(32,33)26(48,49)64(58,59)62-52-13(54)9-3-1-7(5-11(9)15(52)56)17(22(36,37)38,23(39,40)41)8-2-4-10-12(6-8)16(57)53(14(10)55)63-65(60,61)27(50,51)21(34,35)19(30,31)25(45,46)47/h1-6H. The Morgan fingerprint density at radius 3 is 0.831 bits per heavy atom. The van der Waals surface area contributed by atoms with Crippen molar-refractivity contribution in [2.24, 2.45) is 0 Å². The summed E-state index contributed by atoms with van der Waals surface area (Å²) >= 11 is 0. The van der Waals surface area contributed by atoms with E-state index in [2.05, 4.69) is 8.57 Å². The second kappa shape index (κ2) is 14.4. The molecule has 0 aliphatic carbocycles. The average Bonchev–Trinajstić information content (AvgIpc) is 3.48. The number of fused-ring (bicyclic) bond motifs is 2. The summed E-state index contributed by atoms with van der Waals surface area (Å²) in [6, 6.07) is -3.32. The van der Waals surface area contributed by atoms with Crippen LogP contribution in [-0.4, -0.2) is 109 Å². The maximum atomic E-state index is 14.9. The zero-order valence-electron chi connectivity index (χ0n) is 28.8. The van der Waals surface area contributed by atoms with Crippen molar-refractivity contribution >= 4 is 43.9 Å². The summed E-state index contributed by atoms with van der Waals surface area (Å²) in [4.78, 5) is 50.8. The zero-order chi connectivity index (χ0) is 51.1. The van der Waals surface area contributed by atoms with Crippen molar-refractivity contribution in [2.75, 3.05) is 0 Å². The van der Waals surface area contributed by atoms with Crippen LogP contribution in [0, 0.1) is 0 Å².